The zero-order valence-corrected chi connectivity index (χ0v) is 13.5. The smallest absolute Gasteiger partial charge is 0.0625 e. The number of benzene rings is 1. The first kappa shape index (κ1) is 15.8. The summed E-state index contributed by atoms with van der Waals surface area (Å²) in [7, 11) is 0. The molecule has 0 aliphatic carbocycles. The second kappa shape index (κ2) is 7.99. The van der Waals surface area contributed by atoms with Gasteiger partial charge >= 0.3 is 0 Å². The average Bonchev–Trinajstić information content (AvgIpc) is 2.94. The molecule has 1 N–H and O–H groups in total. The van der Waals surface area contributed by atoms with Gasteiger partial charge in [-0.05, 0) is 43.9 Å². The van der Waals surface area contributed by atoms with Gasteiger partial charge in [0.25, 0.3) is 0 Å². The van der Waals surface area contributed by atoms with Crippen molar-refractivity contribution >= 4 is 0 Å². The van der Waals surface area contributed by atoms with Crippen molar-refractivity contribution in [2.24, 2.45) is 0 Å². The molecule has 3 nitrogen and oxygen atoms in total. The number of nitrogens with zero attached hydrogens (tertiary/aromatic N) is 2. The van der Waals surface area contributed by atoms with Gasteiger partial charge in [-0.2, -0.15) is 5.10 Å². The normalized spacial score (nSPS) is 12.5. The van der Waals surface area contributed by atoms with E-state index < -0.39 is 0 Å². The van der Waals surface area contributed by atoms with E-state index in [0.717, 1.165) is 32.5 Å². The Morgan fingerprint density at radius 3 is 2.62 bits per heavy atom. The molecule has 1 aromatic heterocycles. The number of hydrogen-bond acceptors (Lipinski definition) is 2. The van der Waals surface area contributed by atoms with Crippen LogP contribution in [0.1, 0.15) is 50.1 Å². The fourth-order valence-electron chi connectivity index (χ4n) is 2.59. The Kier molecular flexibility index (Phi) is 6.00. The molecule has 0 saturated heterocycles. The Morgan fingerprint density at radius 1 is 1.19 bits per heavy atom. The van der Waals surface area contributed by atoms with Gasteiger partial charge in [-0.3, -0.25) is 4.68 Å². The molecule has 0 saturated carbocycles. The molecule has 1 unspecified atom stereocenters. The first-order valence-corrected chi connectivity index (χ1v) is 8.05. The zero-order valence-electron chi connectivity index (χ0n) is 13.5. The van der Waals surface area contributed by atoms with Gasteiger partial charge in [-0.15, -0.1) is 0 Å². The van der Waals surface area contributed by atoms with E-state index >= 15 is 0 Å². The molecule has 0 radical (unpaired) electrons. The molecule has 3 heteroatoms. The highest BCUT2D eigenvalue weighted by Gasteiger charge is 2.07. The summed E-state index contributed by atoms with van der Waals surface area (Å²) in [6.07, 6.45) is 2.16. The number of rotatable bonds is 8. The molecule has 114 valence electrons. The molecule has 1 heterocycles. The Morgan fingerprint density at radius 2 is 1.95 bits per heavy atom. The highest BCUT2D eigenvalue weighted by Crippen LogP contribution is 2.17. The van der Waals surface area contributed by atoms with Crippen molar-refractivity contribution in [3.05, 3.63) is 53.3 Å². The van der Waals surface area contributed by atoms with Crippen LogP contribution in [-0.4, -0.2) is 16.3 Å². The minimum Gasteiger partial charge on any atom is -0.311 e. The van der Waals surface area contributed by atoms with Gasteiger partial charge in [-0.25, -0.2) is 0 Å². The van der Waals surface area contributed by atoms with E-state index in [9.17, 15) is 0 Å². The van der Waals surface area contributed by atoms with Gasteiger partial charge in [-0.1, -0.05) is 44.2 Å². The third-order valence-corrected chi connectivity index (χ3v) is 4.00. The van der Waals surface area contributed by atoms with E-state index in [0.29, 0.717) is 5.92 Å². The molecule has 0 bridgehead atoms. The molecule has 0 spiro atoms. The largest absolute Gasteiger partial charge is 0.311 e. The van der Waals surface area contributed by atoms with Gasteiger partial charge in [0.1, 0.15) is 0 Å². The molecule has 2 rings (SSSR count). The third-order valence-electron chi connectivity index (χ3n) is 4.00. The maximum Gasteiger partial charge on any atom is 0.0625 e. The highest BCUT2D eigenvalue weighted by molar-refractivity contribution is 5.18. The van der Waals surface area contributed by atoms with Crippen LogP contribution in [0.5, 0.6) is 0 Å². The second-order valence-electron chi connectivity index (χ2n) is 5.57. The van der Waals surface area contributed by atoms with Crippen molar-refractivity contribution in [2.75, 3.05) is 6.54 Å². The summed E-state index contributed by atoms with van der Waals surface area (Å²) >= 11 is 0. The van der Waals surface area contributed by atoms with Crippen LogP contribution in [0.25, 0.3) is 0 Å². The molecule has 2 aromatic rings. The summed E-state index contributed by atoms with van der Waals surface area (Å²) < 4.78 is 2.10. The molecular weight excluding hydrogens is 258 g/mol. The van der Waals surface area contributed by atoms with E-state index in [2.05, 4.69) is 72.3 Å². The fourth-order valence-corrected chi connectivity index (χ4v) is 2.59. The zero-order chi connectivity index (χ0) is 15.1. The van der Waals surface area contributed by atoms with Crippen LogP contribution >= 0.6 is 0 Å². The molecule has 1 atom stereocenters. The Labute approximate surface area is 128 Å². The Bertz CT molecular complexity index is 531. The summed E-state index contributed by atoms with van der Waals surface area (Å²) in [5.74, 6) is 0.598. The standard InChI is InChI=1S/C18H27N3/c1-4-17-13-18(21(5-2)20-17)14-19-12-11-15(3)16-9-7-6-8-10-16/h6-10,13,15,19H,4-5,11-12,14H2,1-3H3. The molecule has 0 aliphatic rings. The van der Waals surface area contributed by atoms with E-state index in [1.54, 1.807) is 0 Å². The maximum atomic E-state index is 4.59. The molecule has 0 fully saturated rings. The van der Waals surface area contributed by atoms with Crippen LogP contribution in [0, 0.1) is 0 Å². The van der Waals surface area contributed by atoms with Crippen molar-refractivity contribution in [3.8, 4) is 0 Å². The van der Waals surface area contributed by atoms with Gasteiger partial charge in [0.2, 0.25) is 0 Å². The topological polar surface area (TPSA) is 29.9 Å². The van der Waals surface area contributed by atoms with Crippen molar-refractivity contribution in [2.45, 2.75) is 52.6 Å². The molecule has 21 heavy (non-hydrogen) atoms. The number of hydrogen-bond donors (Lipinski definition) is 1. The minimum absolute atomic E-state index is 0.598. The number of nitrogens with one attached hydrogen (secondary N) is 1. The van der Waals surface area contributed by atoms with Crippen LogP contribution in [0.15, 0.2) is 36.4 Å². The van der Waals surface area contributed by atoms with Gasteiger partial charge < -0.3 is 5.32 Å². The second-order valence-corrected chi connectivity index (χ2v) is 5.57. The summed E-state index contributed by atoms with van der Waals surface area (Å²) in [6.45, 7) is 9.48. The Balaban J connectivity index is 1.78. The van der Waals surface area contributed by atoms with Crippen LogP contribution < -0.4 is 5.32 Å². The third kappa shape index (κ3) is 4.43. The lowest BCUT2D eigenvalue weighted by Crippen LogP contribution is -2.19. The van der Waals surface area contributed by atoms with E-state index in [1.807, 2.05) is 0 Å². The average molecular weight is 285 g/mol. The fraction of sp³-hybridized carbons (Fsp3) is 0.500. The summed E-state index contributed by atoms with van der Waals surface area (Å²) in [5.41, 5.74) is 3.90. The molecule has 0 amide bonds. The van der Waals surface area contributed by atoms with Crippen LogP contribution in [0.2, 0.25) is 0 Å². The first-order valence-electron chi connectivity index (χ1n) is 8.05. The Hall–Kier alpha value is -1.61. The van der Waals surface area contributed by atoms with Gasteiger partial charge in [0.15, 0.2) is 0 Å². The highest BCUT2D eigenvalue weighted by atomic mass is 15.3. The van der Waals surface area contributed by atoms with Gasteiger partial charge in [0, 0.05) is 13.1 Å². The van der Waals surface area contributed by atoms with Gasteiger partial charge in [0.05, 0.1) is 11.4 Å². The summed E-state index contributed by atoms with van der Waals surface area (Å²) in [4.78, 5) is 0. The predicted octanol–water partition coefficient (Wildman–Crippen LogP) is 3.75. The van der Waals surface area contributed by atoms with E-state index in [1.165, 1.54) is 17.0 Å². The van der Waals surface area contributed by atoms with E-state index in [-0.39, 0.29) is 0 Å². The van der Waals surface area contributed by atoms with Crippen LogP contribution in [0.4, 0.5) is 0 Å². The van der Waals surface area contributed by atoms with Crippen molar-refractivity contribution < 1.29 is 0 Å². The lowest BCUT2D eigenvalue weighted by Gasteiger charge is -2.12. The first-order chi connectivity index (χ1) is 10.2. The van der Waals surface area contributed by atoms with E-state index in [4.69, 9.17) is 0 Å². The van der Waals surface area contributed by atoms with Crippen LogP contribution in [-0.2, 0) is 19.5 Å². The summed E-state index contributed by atoms with van der Waals surface area (Å²) in [5, 5.41) is 8.14. The van der Waals surface area contributed by atoms with Crippen molar-refractivity contribution in [1.82, 2.24) is 15.1 Å². The lowest BCUT2D eigenvalue weighted by atomic mass is 9.98. The SMILES string of the molecule is CCc1cc(CNCCC(C)c2ccccc2)n(CC)n1. The number of aryl methyl sites for hydroxylation is 2. The molecule has 0 aliphatic heterocycles. The maximum absolute atomic E-state index is 4.59. The molecular formula is C18H27N3. The lowest BCUT2D eigenvalue weighted by molar-refractivity contribution is 0.552. The van der Waals surface area contributed by atoms with Crippen LogP contribution in [0.3, 0.4) is 0 Å². The monoisotopic (exact) mass is 285 g/mol. The minimum atomic E-state index is 0.598. The predicted molar refractivity (Wildman–Crippen MR) is 88.5 cm³/mol. The molecule has 1 aromatic carbocycles. The van der Waals surface area contributed by atoms with Crippen molar-refractivity contribution in [3.63, 3.8) is 0 Å². The quantitative estimate of drug-likeness (QED) is 0.749. The number of aromatic nitrogens is 2. The summed E-state index contributed by atoms with van der Waals surface area (Å²) in [6, 6.07) is 13.0. The van der Waals surface area contributed by atoms with Crippen molar-refractivity contribution in [1.29, 1.82) is 0 Å².